The van der Waals surface area contributed by atoms with E-state index in [1.54, 1.807) is 24.3 Å². The second-order valence-electron chi connectivity index (χ2n) is 13.1. The molecule has 0 heterocycles. The van der Waals surface area contributed by atoms with Gasteiger partial charge in [-0.15, -0.1) is 0 Å². The highest BCUT2D eigenvalue weighted by atomic mass is 19.2. The Balaban J connectivity index is 1.18. The third kappa shape index (κ3) is 8.51. The zero-order valence-electron chi connectivity index (χ0n) is 27.1. The monoisotopic (exact) mass is 614 g/mol. The molecule has 240 valence electrons. The third-order valence-electron chi connectivity index (χ3n) is 10.1. The van der Waals surface area contributed by atoms with Gasteiger partial charge in [-0.05, 0) is 117 Å². The molecule has 0 radical (unpaired) electrons. The van der Waals surface area contributed by atoms with Crippen LogP contribution in [0.5, 0.6) is 5.75 Å². The molecule has 0 aromatic heterocycles. The molecular formula is C41H49F3O. The second-order valence-corrected chi connectivity index (χ2v) is 13.1. The lowest BCUT2D eigenvalue weighted by Crippen LogP contribution is -2.23. The van der Waals surface area contributed by atoms with Gasteiger partial charge in [0.15, 0.2) is 11.6 Å². The maximum absolute atomic E-state index is 15.4. The number of rotatable bonds is 13. The summed E-state index contributed by atoms with van der Waals surface area (Å²) in [7, 11) is 0. The third-order valence-corrected chi connectivity index (χ3v) is 10.1. The number of unbranched alkanes of at least 4 members (excludes halogenated alkanes) is 3. The Labute approximate surface area is 268 Å². The van der Waals surface area contributed by atoms with Crippen LogP contribution in [0.4, 0.5) is 13.2 Å². The van der Waals surface area contributed by atoms with Crippen LogP contribution in [0.15, 0.2) is 72.8 Å². The molecular weight excluding hydrogens is 565 g/mol. The number of ether oxygens (including phenoxy) is 1. The SMILES string of the molecule is CC=CCCC1CCC(C2CC=C(c3ccc(-c4ccc(-c5ccc(OCCCCCC)c(F)c5F)cc4)cc3F)CC2)CC1. The van der Waals surface area contributed by atoms with Crippen molar-refractivity contribution in [2.24, 2.45) is 17.8 Å². The Hall–Kier alpha value is -3.27. The molecule has 45 heavy (non-hydrogen) atoms. The van der Waals surface area contributed by atoms with E-state index in [4.69, 9.17) is 4.74 Å². The van der Waals surface area contributed by atoms with E-state index in [0.717, 1.165) is 79.4 Å². The van der Waals surface area contributed by atoms with Crippen LogP contribution >= 0.6 is 0 Å². The van der Waals surface area contributed by atoms with Gasteiger partial charge in [0, 0.05) is 11.1 Å². The normalized spacial score (nSPS) is 20.4. The average molecular weight is 615 g/mol. The quantitative estimate of drug-likeness (QED) is 0.137. The van der Waals surface area contributed by atoms with Crippen molar-refractivity contribution in [1.82, 2.24) is 0 Å². The fourth-order valence-corrected chi connectivity index (χ4v) is 7.35. The molecule has 0 bridgehead atoms. The van der Waals surface area contributed by atoms with E-state index in [1.807, 2.05) is 24.3 Å². The lowest BCUT2D eigenvalue weighted by molar-refractivity contribution is 0.190. The van der Waals surface area contributed by atoms with Gasteiger partial charge < -0.3 is 4.74 Å². The van der Waals surface area contributed by atoms with E-state index in [9.17, 15) is 8.78 Å². The molecule has 0 spiro atoms. The van der Waals surface area contributed by atoms with Crippen LogP contribution in [0.3, 0.4) is 0 Å². The van der Waals surface area contributed by atoms with Crippen LogP contribution in [-0.4, -0.2) is 6.61 Å². The Morgan fingerprint density at radius 2 is 1.49 bits per heavy atom. The number of benzene rings is 3. The van der Waals surface area contributed by atoms with Crippen LogP contribution < -0.4 is 4.74 Å². The predicted octanol–water partition coefficient (Wildman–Crippen LogP) is 12.7. The Kier molecular flexibility index (Phi) is 12.0. The number of halogens is 3. The Morgan fingerprint density at radius 1 is 0.756 bits per heavy atom. The molecule has 0 amide bonds. The second kappa shape index (κ2) is 16.3. The summed E-state index contributed by atoms with van der Waals surface area (Å²) in [6.45, 7) is 4.59. The number of hydrogen-bond donors (Lipinski definition) is 0. The molecule has 1 fully saturated rings. The maximum Gasteiger partial charge on any atom is 0.201 e. The van der Waals surface area contributed by atoms with E-state index in [2.05, 4.69) is 32.1 Å². The van der Waals surface area contributed by atoms with Gasteiger partial charge in [-0.3, -0.25) is 0 Å². The largest absolute Gasteiger partial charge is 0.490 e. The van der Waals surface area contributed by atoms with Crippen molar-refractivity contribution in [3.8, 4) is 28.0 Å². The molecule has 1 unspecified atom stereocenters. The topological polar surface area (TPSA) is 9.23 Å². The zero-order chi connectivity index (χ0) is 31.6. The van der Waals surface area contributed by atoms with Gasteiger partial charge in [0.2, 0.25) is 5.82 Å². The number of allylic oxidation sites excluding steroid dienone is 4. The maximum atomic E-state index is 15.4. The van der Waals surface area contributed by atoms with Crippen molar-refractivity contribution in [1.29, 1.82) is 0 Å². The van der Waals surface area contributed by atoms with E-state index >= 15 is 4.39 Å². The van der Waals surface area contributed by atoms with E-state index in [0.29, 0.717) is 17.7 Å². The fourth-order valence-electron chi connectivity index (χ4n) is 7.35. The summed E-state index contributed by atoms with van der Waals surface area (Å²) < 4.78 is 50.6. The lowest BCUT2D eigenvalue weighted by atomic mass is 9.70. The summed E-state index contributed by atoms with van der Waals surface area (Å²) in [5.74, 6) is 0.284. The van der Waals surface area contributed by atoms with Gasteiger partial charge in [-0.25, -0.2) is 8.78 Å². The van der Waals surface area contributed by atoms with E-state index in [1.165, 1.54) is 44.6 Å². The molecule has 2 aliphatic rings. The van der Waals surface area contributed by atoms with Crippen LogP contribution in [0.25, 0.3) is 27.8 Å². The first-order chi connectivity index (χ1) is 22.0. The minimum absolute atomic E-state index is 0.0538. The average Bonchev–Trinajstić information content (AvgIpc) is 3.07. The van der Waals surface area contributed by atoms with Crippen molar-refractivity contribution in [3.05, 3.63) is 95.8 Å². The van der Waals surface area contributed by atoms with Crippen molar-refractivity contribution >= 4 is 5.57 Å². The summed E-state index contributed by atoms with van der Waals surface area (Å²) in [5.41, 5.74) is 4.16. The van der Waals surface area contributed by atoms with Crippen molar-refractivity contribution in [2.75, 3.05) is 6.61 Å². The minimum Gasteiger partial charge on any atom is -0.490 e. The van der Waals surface area contributed by atoms with Crippen LogP contribution in [-0.2, 0) is 0 Å². The molecule has 0 aliphatic heterocycles. The fraction of sp³-hybridized carbons (Fsp3) is 0.463. The van der Waals surface area contributed by atoms with E-state index in [-0.39, 0.29) is 17.1 Å². The van der Waals surface area contributed by atoms with Crippen molar-refractivity contribution in [2.45, 2.75) is 97.3 Å². The smallest absolute Gasteiger partial charge is 0.201 e. The van der Waals surface area contributed by atoms with Gasteiger partial charge >= 0.3 is 0 Å². The van der Waals surface area contributed by atoms with Crippen molar-refractivity contribution < 1.29 is 17.9 Å². The van der Waals surface area contributed by atoms with Crippen LogP contribution in [0.2, 0.25) is 0 Å². The summed E-state index contributed by atoms with van der Waals surface area (Å²) in [6, 6.07) is 15.7. The van der Waals surface area contributed by atoms with Gasteiger partial charge in [-0.1, -0.05) is 93.7 Å². The molecule has 1 atom stereocenters. The number of hydrogen-bond acceptors (Lipinski definition) is 1. The zero-order valence-corrected chi connectivity index (χ0v) is 27.1. The lowest BCUT2D eigenvalue weighted by Gasteiger charge is -2.35. The molecule has 0 N–H and O–H groups in total. The van der Waals surface area contributed by atoms with Gasteiger partial charge in [0.05, 0.1) is 6.61 Å². The highest BCUT2D eigenvalue weighted by Gasteiger charge is 2.29. The first-order valence-electron chi connectivity index (χ1n) is 17.3. The Morgan fingerprint density at radius 3 is 2.18 bits per heavy atom. The minimum atomic E-state index is -0.962. The molecule has 0 saturated heterocycles. The molecule has 1 saturated carbocycles. The van der Waals surface area contributed by atoms with Gasteiger partial charge in [0.25, 0.3) is 0 Å². The first-order valence-corrected chi connectivity index (χ1v) is 17.3. The first kappa shape index (κ1) is 33.1. The molecule has 3 aromatic rings. The Bertz CT molecular complexity index is 1450. The van der Waals surface area contributed by atoms with Crippen LogP contribution in [0.1, 0.15) is 103 Å². The standard InChI is InChI=1S/C41H49F3O/c1-3-5-7-9-27-45-39-26-25-37(40(43)41(39)44)34-21-17-32(18-22-34)35-23-24-36(38(42)28-35)33-19-15-31(16-20-33)30-13-11-29(12-14-30)10-8-6-4-2/h4,6,17-19,21-26,28-31H,3,5,7-16,20,27H2,1-2H3. The molecule has 4 heteroatoms. The van der Waals surface area contributed by atoms with Gasteiger partial charge in [0.1, 0.15) is 5.82 Å². The van der Waals surface area contributed by atoms with Crippen molar-refractivity contribution in [3.63, 3.8) is 0 Å². The van der Waals surface area contributed by atoms with Gasteiger partial charge in [-0.2, -0.15) is 4.39 Å². The molecule has 3 aromatic carbocycles. The molecule has 5 rings (SSSR count). The summed E-state index contributed by atoms with van der Waals surface area (Å²) in [5, 5.41) is 0. The summed E-state index contributed by atoms with van der Waals surface area (Å²) >= 11 is 0. The predicted molar refractivity (Wildman–Crippen MR) is 182 cm³/mol. The van der Waals surface area contributed by atoms with Crippen LogP contribution in [0, 0.1) is 35.2 Å². The summed E-state index contributed by atoms with van der Waals surface area (Å²) in [6.07, 6.45) is 21.8. The molecule has 2 aliphatic carbocycles. The molecule has 1 nitrogen and oxygen atoms in total. The highest BCUT2D eigenvalue weighted by Crippen LogP contribution is 2.43. The van der Waals surface area contributed by atoms with E-state index < -0.39 is 11.6 Å². The highest BCUT2D eigenvalue weighted by molar-refractivity contribution is 5.74. The summed E-state index contributed by atoms with van der Waals surface area (Å²) in [4.78, 5) is 0.